The number of fused-ring (bicyclic) bond motifs is 2. The first kappa shape index (κ1) is 55.4. The molecule has 8 rings (SSSR count). The fourth-order valence-corrected chi connectivity index (χ4v) is 10.0. The van der Waals surface area contributed by atoms with Gasteiger partial charge in [-0.3, -0.25) is 4.79 Å². The van der Waals surface area contributed by atoms with Crippen LogP contribution in [0.4, 0.5) is 5.95 Å². The van der Waals surface area contributed by atoms with E-state index < -0.39 is 5.60 Å². The number of benzene rings is 4. The zero-order chi connectivity index (χ0) is 49.3. The van der Waals surface area contributed by atoms with E-state index in [0.717, 1.165) is 64.5 Å². The number of esters is 1. The zero-order valence-corrected chi connectivity index (χ0v) is 43.4. The fraction of sp³-hybridized carbons (Fsp3) is 0.442. The molecule has 2 heterocycles. The van der Waals surface area contributed by atoms with Crippen molar-refractivity contribution in [3.63, 3.8) is 0 Å². The molecule has 0 unspecified atom stereocenters. The number of carbonyl (C=O) groups is 1. The van der Waals surface area contributed by atoms with Crippen molar-refractivity contribution in [2.45, 2.75) is 111 Å². The van der Waals surface area contributed by atoms with E-state index >= 15 is 0 Å². The fourth-order valence-electron chi connectivity index (χ4n) is 8.45. The van der Waals surface area contributed by atoms with E-state index in [1.807, 2.05) is 57.2 Å². The number of nitrogens with zero attached hydrogens (tertiary/aromatic N) is 4. The van der Waals surface area contributed by atoms with Crippen LogP contribution >= 0.6 is 58.0 Å². The minimum atomic E-state index is -0.487. The lowest BCUT2D eigenvalue weighted by molar-refractivity contribution is -0.156. The van der Waals surface area contributed by atoms with Gasteiger partial charge in [-0.15, -0.1) is 0 Å². The van der Waals surface area contributed by atoms with E-state index in [0.29, 0.717) is 72.6 Å². The highest BCUT2D eigenvalue weighted by atomic mass is 35.5. The van der Waals surface area contributed by atoms with Gasteiger partial charge in [-0.25, -0.2) is 19.9 Å². The molecule has 12 nitrogen and oxygen atoms in total. The molecule has 0 amide bonds. The van der Waals surface area contributed by atoms with Gasteiger partial charge in [-0.1, -0.05) is 98.6 Å². The van der Waals surface area contributed by atoms with E-state index in [1.165, 1.54) is 39.9 Å². The first-order valence-corrected chi connectivity index (χ1v) is 24.5. The number of ether oxygens (including phenoxy) is 5. The number of hydrogen-bond acceptors (Lipinski definition) is 12. The number of halogens is 5. The number of aromatic nitrogens is 4. The molecule has 3 N–H and O–H groups in total. The van der Waals surface area contributed by atoms with E-state index in [-0.39, 0.29) is 30.6 Å². The maximum Gasteiger partial charge on any atom is 0.306 e. The van der Waals surface area contributed by atoms with Gasteiger partial charge in [-0.05, 0) is 105 Å². The van der Waals surface area contributed by atoms with E-state index in [4.69, 9.17) is 92.4 Å². The van der Waals surface area contributed by atoms with Crippen LogP contribution in [0.1, 0.15) is 92.9 Å². The van der Waals surface area contributed by atoms with Crippen LogP contribution in [-0.2, 0) is 9.53 Å². The van der Waals surface area contributed by atoms with Gasteiger partial charge in [0.25, 0.3) is 0 Å². The standard InChI is InChI=1S/C28H33Cl2N3O4.C16H11Cl3N2O2.C7H15N.CH4/c1-28(2,3)37-23(34)13-16-8-6-7-9-19(16)32-27-31-15-18-12-17(10-11-20(18)33-27)24-25(29)21(35-4)14-22(36-5)26(24)30;1-22-11-6-12(23-2)15(18)13(14(11)17)8-3-4-10-9(5-8)7-20-16(19)21-10;1-6-4-2-3-5-7(6)8;/h10-12,14-16,19H,6-9,13H2,1-5H3,(H,31,32,33);3-7H,1-2H3;6-7H,2-5,8H2,1H3;1H4/t16-,19-;;6-,7+;/m1.0./s1. The SMILES string of the molecule is C.COc1cc(OC)c(Cl)c(-c2ccc3nc(Cl)ncc3c2)c1Cl.COc1cc(OC)c(Cl)c(-c2ccc3nc(N[C@@H]4CCCC[C@@H]4CC(=O)OC(C)(C)C)ncc3c2)c1Cl.C[C@H]1CCCC[C@H]1N. The summed E-state index contributed by atoms with van der Waals surface area (Å²) in [6.07, 6.45) is 13.3. The summed E-state index contributed by atoms with van der Waals surface area (Å²) < 4.78 is 27.0. The molecule has 0 bridgehead atoms. The monoisotopic (exact) mass is 1040 g/mol. The molecule has 2 aliphatic rings. The van der Waals surface area contributed by atoms with Crippen LogP contribution in [0.2, 0.25) is 25.4 Å². The average Bonchev–Trinajstić information content (AvgIpc) is 3.31. The Morgan fingerprint density at radius 1 is 0.667 bits per heavy atom. The molecule has 2 saturated carbocycles. The van der Waals surface area contributed by atoms with Crippen LogP contribution in [-0.4, -0.2) is 72.0 Å². The second-order valence-corrected chi connectivity index (χ2v) is 19.8. The second-order valence-electron chi connectivity index (χ2n) is 18.0. The number of rotatable bonds is 10. The zero-order valence-electron chi connectivity index (χ0n) is 39.7. The van der Waals surface area contributed by atoms with Crippen molar-refractivity contribution >= 4 is 91.7 Å². The highest BCUT2D eigenvalue weighted by molar-refractivity contribution is 6.42. The first-order chi connectivity index (χ1) is 32.4. The normalized spacial score (nSPS) is 17.8. The molecule has 6 aromatic rings. The molecule has 2 aliphatic carbocycles. The third-order valence-corrected chi connectivity index (χ3v) is 13.8. The third kappa shape index (κ3) is 14.1. The summed E-state index contributed by atoms with van der Waals surface area (Å²) in [5.74, 6) is 3.25. The van der Waals surface area contributed by atoms with Crippen molar-refractivity contribution in [3.8, 4) is 45.3 Å². The quantitative estimate of drug-likeness (QED) is 0.0992. The van der Waals surface area contributed by atoms with Gasteiger partial charge in [0, 0.05) is 58.5 Å². The van der Waals surface area contributed by atoms with Crippen molar-refractivity contribution in [1.29, 1.82) is 0 Å². The number of nitrogens with two attached hydrogens (primary N) is 1. The van der Waals surface area contributed by atoms with Gasteiger partial charge in [0.1, 0.15) is 28.6 Å². The van der Waals surface area contributed by atoms with Crippen molar-refractivity contribution < 1.29 is 28.5 Å². The summed E-state index contributed by atoms with van der Waals surface area (Å²) in [6.45, 7) is 7.93. The molecule has 2 aromatic heterocycles. The molecule has 69 heavy (non-hydrogen) atoms. The number of nitrogens with one attached hydrogen (secondary N) is 1. The second kappa shape index (κ2) is 25.0. The summed E-state index contributed by atoms with van der Waals surface area (Å²) >= 11 is 31.9. The number of hydrogen-bond donors (Lipinski definition) is 2. The molecular weight excluding hydrogens is 982 g/mol. The Morgan fingerprint density at radius 2 is 1.13 bits per heavy atom. The minimum Gasteiger partial charge on any atom is -0.495 e. The predicted molar refractivity (Wildman–Crippen MR) is 283 cm³/mol. The maximum atomic E-state index is 12.5. The smallest absolute Gasteiger partial charge is 0.306 e. The summed E-state index contributed by atoms with van der Waals surface area (Å²) in [5, 5.41) is 6.96. The molecule has 0 spiro atoms. The van der Waals surface area contributed by atoms with Crippen molar-refractivity contribution in [2.24, 2.45) is 17.6 Å². The lowest BCUT2D eigenvalue weighted by atomic mass is 9.82. The number of carbonyl (C=O) groups excluding carboxylic acids is 1. The Morgan fingerprint density at radius 3 is 1.59 bits per heavy atom. The summed E-state index contributed by atoms with van der Waals surface area (Å²) in [7, 11) is 6.17. The molecule has 0 aliphatic heterocycles. The highest BCUT2D eigenvalue weighted by Crippen LogP contribution is 2.48. The molecule has 4 aromatic carbocycles. The van der Waals surface area contributed by atoms with Crippen LogP contribution in [0.3, 0.4) is 0 Å². The molecule has 0 saturated heterocycles. The third-order valence-electron chi connectivity index (χ3n) is 12.1. The van der Waals surface area contributed by atoms with Crippen molar-refractivity contribution in [2.75, 3.05) is 33.8 Å². The topological polar surface area (TPSA) is 153 Å². The Bertz CT molecular complexity index is 2650. The molecule has 17 heteroatoms. The molecule has 0 radical (unpaired) electrons. The van der Waals surface area contributed by atoms with Gasteiger partial charge in [0.05, 0.1) is 66.0 Å². The lowest BCUT2D eigenvalue weighted by Gasteiger charge is -2.32. The summed E-state index contributed by atoms with van der Waals surface area (Å²) in [4.78, 5) is 29.9. The van der Waals surface area contributed by atoms with Crippen LogP contribution < -0.4 is 30.0 Å². The average molecular weight is 1050 g/mol. The molecule has 4 atom stereocenters. The van der Waals surface area contributed by atoms with Gasteiger partial charge in [-0.2, -0.15) is 0 Å². The summed E-state index contributed by atoms with van der Waals surface area (Å²) in [6, 6.07) is 15.3. The maximum absolute atomic E-state index is 12.5. The summed E-state index contributed by atoms with van der Waals surface area (Å²) in [5.41, 5.74) is 9.65. The highest BCUT2D eigenvalue weighted by Gasteiger charge is 2.30. The largest absolute Gasteiger partial charge is 0.495 e. The Kier molecular flexibility index (Phi) is 20.1. The van der Waals surface area contributed by atoms with E-state index in [2.05, 4.69) is 27.2 Å². The lowest BCUT2D eigenvalue weighted by Crippen LogP contribution is -2.35. The predicted octanol–water partition coefficient (Wildman–Crippen LogP) is 14.8. The van der Waals surface area contributed by atoms with Gasteiger partial charge < -0.3 is 34.7 Å². The van der Waals surface area contributed by atoms with E-state index in [1.54, 1.807) is 38.7 Å². The van der Waals surface area contributed by atoms with Crippen molar-refractivity contribution in [1.82, 2.24) is 19.9 Å². The molecule has 372 valence electrons. The number of anilines is 1. The Balaban J connectivity index is 0.000000234. The van der Waals surface area contributed by atoms with Crippen LogP contribution in [0, 0.1) is 11.8 Å². The van der Waals surface area contributed by atoms with Gasteiger partial charge >= 0.3 is 5.97 Å². The first-order valence-electron chi connectivity index (χ1n) is 22.6. The Labute approximate surface area is 431 Å². The number of methoxy groups -OCH3 is 4. The van der Waals surface area contributed by atoms with Crippen LogP contribution in [0.25, 0.3) is 44.1 Å². The van der Waals surface area contributed by atoms with E-state index in [9.17, 15) is 4.79 Å². The van der Waals surface area contributed by atoms with Gasteiger partial charge in [0.15, 0.2) is 0 Å². The molecule has 2 fully saturated rings. The van der Waals surface area contributed by atoms with Crippen LogP contribution in [0.15, 0.2) is 60.9 Å². The minimum absolute atomic E-state index is 0. The van der Waals surface area contributed by atoms with Crippen molar-refractivity contribution in [3.05, 3.63) is 86.3 Å². The molecular formula is C52H63Cl5N6O6. The van der Waals surface area contributed by atoms with Gasteiger partial charge in [0.2, 0.25) is 11.2 Å². The Hall–Kier alpha value is -4.56. The van der Waals surface area contributed by atoms with Crippen LogP contribution in [0.5, 0.6) is 23.0 Å².